The molecule has 1 saturated heterocycles. The Morgan fingerprint density at radius 2 is 1.90 bits per heavy atom. The van der Waals surface area contributed by atoms with Crippen molar-refractivity contribution in [3.63, 3.8) is 0 Å². The topological polar surface area (TPSA) is 63.9 Å². The molecule has 0 bridgehead atoms. The number of carbonyl (C=O) groups excluding carboxylic acids is 1. The first-order chi connectivity index (χ1) is 14.1. The highest BCUT2D eigenvalue weighted by Crippen LogP contribution is 2.29. The number of hydrogen-bond acceptors (Lipinski definition) is 5. The molecule has 8 heteroatoms. The monoisotopic (exact) mass is 427 g/mol. The maximum Gasteiger partial charge on any atom is 0.233 e. The number of nitrogens with zero attached hydrogens (tertiary/aromatic N) is 5. The summed E-state index contributed by atoms with van der Waals surface area (Å²) in [5.74, 6) is 1.20. The molecular weight excluding hydrogens is 406 g/mol. The van der Waals surface area contributed by atoms with Crippen LogP contribution in [0.3, 0.4) is 0 Å². The minimum absolute atomic E-state index is 0.151. The van der Waals surface area contributed by atoms with E-state index in [1.807, 2.05) is 45.9 Å². The van der Waals surface area contributed by atoms with E-state index in [0.717, 1.165) is 30.6 Å². The molecule has 1 unspecified atom stereocenters. The van der Waals surface area contributed by atoms with Crippen molar-refractivity contribution >= 4 is 29.3 Å². The number of aromatic nitrogens is 4. The van der Waals surface area contributed by atoms with Crippen LogP contribution in [0.25, 0.3) is 17.1 Å². The molecule has 6 nitrogen and oxygen atoms in total. The summed E-state index contributed by atoms with van der Waals surface area (Å²) >= 11 is 7.48. The number of likely N-dealkylation sites (tertiary alicyclic amines) is 1. The molecule has 4 rings (SSSR count). The van der Waals surface area contributed by atoms with Crippen molar-refractivity contribution < 1.29 is 4.79 Å². The van der Waals surface area contributed by atoms with Crippen LogP contribution in [0.2, 0.25) is 5.02 Å². The van der Waals surface area contributed by atoms with Gasteiger partial charge in [-0.2, -0.15) is 0 Å². The predicted octanol–water partition coefficient (Wildman–Crippen LogP) is 4.48. The SMILES string of the molecule is CC1CCCCN1C(=O)CSc1nnc(-c2ccncc2)n1-c1ccc(Cl)cc1. The number of benzene rings is 1. The molecule has 150 valence electrons. The van der Waals surface area contributed by atoms with Crippen LogP contribution in [0.1, 0.15) is 26.2 Å². The Balaban J connectivity index is 1.62. The smallest absolute Gasteiger partial charge is 0.233 e. The lowest BCUT2D eigenvalue weighted by molar-refractivity contribution is -0.131. The van der Waals surface area contributed by atoms with Crippen LogP contribution in [0.15, 0.2) is 53.9 Å². The van der Waals surface area contributed by atoms with E-state index < -0.39 is 0 Å². The Morgan fingerprint density at radius 1 is 1.14 bits per heavy atom. The molecule has 1 aromatic carbocycles. The number of hydrogen-bond donors (Lipinski definition) is 0. The highest BCUT2D eigenvalue weighted by atomic mass is 35.5. The third kappa shape index (κ3) is 4.46. The minimum Gasteiger partial charge on any atom is -0.339 e. The fourth-order valence-electron chi connectivity index (χ4n) is 3.55. The molecule has 1 amide bonds. The summed E-state index contributed by atoms with van der Waals surface area (Å²) in [5, 5.41) is 10.1. The summed E-state index contributed by atoms with van der Waals surface area (Å²) in [5.41, 5.74) is 1.80. The van der Waals surface area contributed by atoms with E-state index in [4.69, 9.17) is 11.6 Å². The Labute approximate surface area is 179 Å². The van der Waals surface area contributed by atoms with Gasteiger partial charge in [-0.05, 0) is 62.6 Å². The Morgan fingerprint density at radius 3 is 2.62 bits per heavy atom. The van der Waals surface area contributed by atoms with Crippen LogP contribution in [-0.4, -0.2) is 48.9 Å². The first-order valence-corrected chi connectivity index (χ1v) is 11.0. The molecule has 3 aromatic rings. The third-order valence-corrected chi connectivity index (χ3v) is 6.27. The summed E-state index contributed by atoms with van der Waals surface area (Å²) in [7, 11) is 0. The number of piperidine rings is 1. The molecule has 0 N–H and O–H groups in total. The molecule has 0 saturated carbocycles. The zero-order chi connectivity index (χ0) is 20.2. The molecule has 0 radical (unpaired) electrons. The predicted molar refractivity (Wildman–Crippen MR) is 115 cm³/mol. The average Bonchev–Trinajstić information content (AvgIpc) is 3.17. The summed E-state index contributed by atoms with van der Waals surface area (Å²) in [4.78, 5) is 18.8. The van der Waals surface area contributed by atoms with Gasteiger partial charge in [0.15, 0.2) is 11.0 Å². The number of carbonyl (C=O) groups is 1. The van der Waals surface area contributed by atoms with Crippen molar-refractivity contribution in [2.45, 2.75) is 37.4 Å². The van der Waals surface area contributed by atoms with Gasteiger partial charge in [0.1, 0.15) is 0 Å². The van der Waals surface area contributed by atoms with Gasteiger partial charge in [0.05, 0.1) is 5.75 Å². The summed E-state index contributed by atoms with van der Waals surface area (Å²) in [6.07, 6.45) is 6.80. The molecule has 0 spiro atoms. The second-order valence-corrected chi connectivity index (χ2v) is 8.45. The lowest BCUT2D eigenvalue weighted by atomic mass is 10.0. The fraction of sp³-hybridized carbons (Fsp3) is 0.333. The molecule has 0 aliphatic carbocycles. The maximum absolute atomic E-state index is 12.8. The second-order valence-electron chi connectivity index (χ2n) is 7.07. The van der Waals surface area contributed by atoms with Crippen LogP contribution >= 0.6 is 23.4 Å². The van der Waals surface area contributed by atoms with Gasteiger partial charge in [0, 0.05) is 41.3 Å². The van der Waals surface area contributed by atoms with E-state index in [-0.39, 0.29) is 5.91 Å². The maximum atomic E-state index is 12.8. The van der Waals surface area contributed by atoms with Crippen LogP contribution in [-0.2, 0) is 4.79 Å². The van der Waals surface area contributed by atoms with E-state index in [0.29, 0.717) is 27.8 Å². The largest absolute Gasteiger partial charge is 0.339 e. The van der Waals surface area contributed by atoms with Crippen LogP contribution in [0.5, 0.6) is 0 Å². The van der Waals surface area contributed by atoms with E-state index in [1.165, 1.54) is 18.2 Å². The number of pyridine rings is 1. The van der Waals surface area contributed by atoms with Gasteiger partial charge in [-0.1, -0.05) is 23.4 Å². The number of rotatable bonds is 5. The minimum atomic E-state index is 0.151. The normalized spacial score (nSPS) is 16.8. The van der Waals surface area contributed by atoms with E-state index in [2.05, 4.69) is 22.1 Å². The lowest BCUT2D eigenvalue weighted by Crippen LogP contribution is -2.42. The Bertz CT molecular complexity index is 976. The third-order valence-electron chi connectivity index (χ3n) is 5.10. The first-order valence-electron chi connectivity index (χ1n) is 9.67. The highest BCUT2D eigenvalue weighted by Gasteiger charge is 2.24. The van der Waals surface area contributed by atoms with Crippen molar-refractivity contribution in [3.8, 4) is 17.1 Å². The van der Waals surface area contributed by atoms with E-state index >= 15 is 0 Å². The first kappa shape index (κ1) is 19.9. The Kier molecular flexibility index (Phi) is 6.16. The van der Waals surface area contributed by atoms with E-state index in [9.17, 15) is 4.79 Å². The fourth-order valence-corrected chi connectivity index (χ4v) is 4.52. The van der Waals surface area contributed by atoms with Crippen LogP contribution < -0.4 is 0 Å². The summed E-state index contributed by atoms with van der Waals surface area (Å²) in [6.45, 7) is 2.96. The quantitative estimate of drug-likeness (QED) is 0.562. The van der Waals surface area contributed by atoms with Gasteiger partial charge in [-0.15, -0.1) is 10.2 Å². The van der Waals surface area contributed by atoms with Crippen LogP contribution in [0, 0.1) is 0 Å². The summed E-state index contributed by atoms with van der Waals surface area (Å²) < 4.78 is 1.96. The molecular formula is C21H22ClN5OS. The molecule has 2 aromatic heterocycles. The lowest BCUT2D eigenvalue weighted by Gasteiger charge is -2.33. The van der Waals surface area contributed by atoms with Crippen molar-refractivity contribution in [1.29, 1.82) is 0 Å². The molecule has 1 fully saturated rings. The molecule has 1 aliphatic rings. The van der Waals surface area contributed by atoms with Crippen molar-refractivity contribution in [2.24, 2.45) is 0 Å². The standard InChI is InChI=1S/C21H22ClN5OS/c1-15-4-2-3-13-26(15)19(28)14-29-21-25-24-20(16-9-11-23-12-10-16)27(21)18-7-5-17(22)6-8-18/h5-12,15H,2-4,13-14H2,1H3. The van der Waals surface area contributed by atoms with Crippen LogP contribution in [0.4, 0.5) is 0 Å². The van der Waals surface area contributed by atoms with Gasteiger partial charge in [0.25, 0.3) is 0 Å². The van der Waals surface area contributed by atoms with Gasteiger partial charge < -0.3 is 4.90 Å². The molecule has 1 aliphatic heterocycles. The number of thioether (sulfide) groups is 1. The van der Waals surface area contributed by atoms with Crippen molar-refractivity contribution in [1.82, 2.24) is 24.6 Å². The Hall–Kier alpha value is -2.38. The van der Waals surface area contributed by atoms with Crippen molar-refractivity contribution in [3.05, 3.63) is 53.8 Å². The van der Waals surface area contributed by atoms with Gasteiger partial charge >= 0.3 is 0 Å². The van der Waals surface area contributed by atoms with Crippen molar-refractivity contribution in [2.75, 3.05) is 12.3 Å². The summed E-state index contributed by atoms with van der Waals surface area (Å²) in [6, 6.07) is 11.6. The van der Waals surface area contributed by atoms with Gasteiger partial charge in [-0.3, -0.25) is 14.3 Å². The molecule has 3 heterocycles. The number of halogens is 1. The van der Waals surface area contributed by atoms with E-state index in [1.54, 1.807) is 12.4 Å². The zero-order valence-corrected chi connectivity index (χ0v) is 17.7. The molecule has 29 heavy (non-hydrogen) atoms. The highest BCUT2D eigenvalue weighted by molar-refractivity contribution is 7.99. The average molecular weight is 428 g/mol. The number of amides is 1. The van der Waals surface area contributed by atoms with Gasteiger partial charge in [0.2, 0.25) is 5.91 Å². The second kappa shape index (κ2) is 8.97. The van der Waals surface area contributed by atoms with Gasteiger partial charge in [-0.25, -0.2) is 0 Å². The zero-order valence-electron chi connectivity index (χ0n) is 16.2. The molecule has 1 atom stereocenters.